The second-order valence-corrected chi connectivity index (χ2v) is 10.3. The minimum atomic E-state index is -0.599. The van der Waals surface area contributed by atoms with Gasteiger partial charge in [-0.1, -0.05) is 41.3 Å². The highest BCUT2D eigenvalue weighted by Crippen LogP contribution is 2.43. The van der Waals surface area contributed by atoms with Crippen LogP contribution in [0, 0.1) is 6.92 Å². The number of carbonyl (C=O) groups is 1. The van der Waals surface area contributed by atoms with Crippen molar-refractivity contribution in [3.8, 4) is 11.5 Å². The molecule has 3 aromatic rings. The first-order valence-corrected chi connectivity index (χ1v) is 13.3. The Labute approximate surface area is 224 Å². The van der Waals surface area contributed by atoms with Gasteiger partial charge in [0, 0.05) is 5.70 Å². The van der Waals surface area contributed by atoms with Crippen molar-refractivity contribution in [2.45, 2.75) is 64.7 Å². The topological polar surface area (TPSA) is 100 Å². The van der Waals surface area contributed by atoms with E-state index in [2.05, 4.69) is 42.8 Å². The van der Waals surface area contributed by atoms with Crippen LogP contribution in [0.15, 0.2) is 52.1 Å². The molecule has 0 saturated heterocycles. The number of methoxy groups -OCH3 is 1. The van der Waals surface area contributed by atoms with Crippen LogP contribution in [0.25, 0.3) is 0 Å². The van der Waals surface area contributed by atoms with Crippen molar-refractivity contribution in [3.63, 3.8) is 0 Å². The van der Waals surface area contributed by atoms with E-state index in [9.17, 15) is 4.79 Å². The maximum Gasteiger partial charge on any atom is 0.338 e. The summed E-state index contributed by atoms with van der Waals surface area (Å²) in [6, 6.07) is 11.3. The first kappa shape index (κ1) is 25.3. The minimum absolute atomic E-state index is 0.0730. The number of anilines is 1. The molecule has 0 amide bonds. The molecule has 2 heterocycles. The van der Waals surface area contributed by atoms with Crippen LogP contribution in [0.5, 0.6) is 11.5 Å². The number of fused-ring (bicyclic) bond motifs is 1. The zero-order chi connectivity index (χ0) is 25.9. The smallest absolute Gasteiger partial charge is 0.338 e. The molecular weight excluding hydrogens is 538 g/mol. The molecule has 1 atom stereocenters. The minimum Gasteiger partial charge on any atom is -0.493 e. The zero-order valence-corrected chi connectivity index (χ0v) is 22.7. The monoisotopic (exact) mass is 567 g/mol. The van der Waals surface area contributed by atoms with Crippen LogP contribution >= 0.6 is 15.9 Å². The fraction of sp³-hybridized carbons (Fsp3) is 0.407. The van der Waals surface area contributed by atoms with Crippen molar-refractivity contribution in [1.82, 2.24) is 20.2 Å². The first-order valence-electron chi connectivity index (χ1n) is 12.5. The number of aryl methyl sites for hydroxylation is 1. The summed E-state index contributed by atoms with van der Waals surface area (Å²) in [4.78, 5) is 13.5. The van der Waals surface area contributed by atoms with Gasteiger partial charge in [-0.3, -0.25) is 0 Å². The molecule has 2 aromatic carbocycles. The number of tetrazole rings is 1. The van der Waals surface area contributed by atoms with Gasteiger partial charge in [0.25, 0.3) is 0 Å². The number of esters is 1. The molecule has 1 aromatic heterocycles. The molecule has 0 radical (unpaired) electrons. The lowest BCUT2D eigenvalue weighted by Gasteiger charge is -2.30. The summed E-state index contributed by atoms with van der Waals surface area (Å²) in [5.74, 6) is 1.19. The predicted octanol–water partition coefficient (Wildman–Crippen LogP) is 5.50. The van der Waals surface area contributed by atoms with E-state index in [1.54, 1.807) is 11.8 Å². The highest BCUT2D eigenvalue weighted by Gasteiger charge is 2.37. The third kappa shape index (κ3) is 5.34. The summed E-state index contributed by atoms with van der Waals surface area (Å²) in [5, 5.41) is 15.2. The van der Waals surface area contributed by atoms with Crippen LogP contribution in [0.2, 0.25) is 0 Å². The van der Waals surface area contributed by atoms with Gasteiger partial charge in [0.1, 0.15) is 18.8 Å². The number of hydrogen-bond acceptors (Lipinski definition) is 8. The average Bonchev–Trinajstić information content (AvgIpc) is 3.35. The fourth-order valence-electron chi connectivity index (χ4n) is 4.98. The second kappa shape index (κ2) is 10.9. The molecule has 1 unspecified atom stereocenters. The lowest BCUT2D eigenvalue weighted by atomic mass is 9.94. The van der Waals surface area contributed by atoms with E-state index in [-0.39, 0.29) is 12.1 Å². The van der Waals surface area contributed by atoms with Crippen molar-refractivity contribution in [2.75, 3.05) is 12.4 Å². The molecule has 10 heteroatoms. The van der Waals surface area contributed by atoms with E-state index in [0.29, 0.717) is 39.8 Å². The number of benzene rings is 2. The molecule has 9 nitrogen and oxygen atoms in total. The van der Waals surface area contributed by atoms with E-state index in [0.717, 1.165) is 36.8 Å². The van der Waals surface area contributed by atoms with Crippen LogP contribution < -0.4 is 14.8 Å². The molecular formula is C27H30BrN5O4. The molecule has 5 rings (SSSR count). The summed E-state index contributed by atoms with van der Waals surface area (Å²) < 4.78 is 20.1. The van der Waals surface area contributed by atoms with Gasteiger partial charge >= 0.3 is 5.97 Å². The number of nitrogens with zero attached hydrogens (tertiary/aromatic N) is 4. The van der Waals surface area contributed by atoms with Gasteiger partial charge in [-0.25, -0.2) is 4.79 Å². The number of hydrogen-bond donors (Lipinski definition) is 1. The number of halogens is 1. The Balaban J connectivity index is 1.48. The number of aromatic nitrogens is 4. The van der Waals surface area contributed by atoms with Gasteiger partial charge in [0.2, 0.25) is 5.95 Å². The average molecular weight is 568 g/mol. The van der Waals surface area contributed by atoms with Crippen LogP contribution in [0.4, 0.5) is 5.95 Å². The van der Waals surface area contributed by atoms with Gasteiger partial charge in [0.15, 0.2) is 11.5 Å². The molecule has 37 heavy (non-hydrogen) atoms. The van der Waals surface area contributed by atoms with E-state index in [1.165, 1.54) is 12.0 Å². The van der Waals surface area contributed by atoms with Gasteiger partial charge in [-0.05, 0) is 89.1 Å². The third-order valence-electron chi connectivity index (χ3n) is 6.79. The Bertz CT molecular complexity index is 1330. The van der Waals surface area contributed by atoms with E-state index in [4.69, 9.17) is 14.2 Å². The Morgan fingerprint density at radius 2 is 1.97 bits per heavy atom. The van der Waals surface area contributed by atoms with E-state index >= 15 is 0 Å². The van der Waals surface area contributed by atoms with Crippen molar-refractivity contribution < 1.29 is 19.0 Å². The summed E-state index contributed by atoms with van der Waals surface area (Å²) in [5.41, 5.74) is 4.11. The fourth-order valence-corrected chi connectivity index (χ4v) is 5.55. The molecule has 2 aliphatic rings. The number of nitrogens with one attached hydrogen (secondary N) is 1. The van der Waals surface area contributed by atoms with Crippen molar-refractivity contribution in [1.29, 1.82) is 0 Å². The van der Waals surface area contributed by atoms with Crippen molar-refractivity contribution in [3.05, 3.63) is 68.8 Å². The van der Waals surface area contributed by atoms with Crippen molar-refractivity contribution >= 4 is 27.8 Å². The normalized spacial score (nSPS) is 17.7. The number of ether oxygens (including phenoxy) is 3. The van der Waals surface area contributed by atoms with Crippen LogP contribution in [-0.2, 0) is 16.1 Å². The standard InChI is InChI=1S/C27H30BrN5O4/c1-16-8-7-9-18(12-16)15-36-25-21(28)13-19(14-22(25)35-3)24-23(17(2)29-27-30-31-32-33(24)27)26(34)37-20-10-5-4-6-11-20/h7-9,12-14,20,24H,4-6,10-11,15H2,1-3H3,(H,29,30,32). The van der Waals surface area contributed by atoms with Crippen LogP contribution in [0.3, 0.4) is 0 Å². The quantitative estimate of drug-likeness (QED) is 0.374. The van der Waals surface area contributed by atoms with Crippen molar-refractivity contribution in [2.24, 2.45) is 0 Å². The van der Waals surface area contributed by atoms with Gasteiger partial charge in [-0.2, -0.15) is 4.68 Å². The lowest BCUT2D eigenvalue weighted by Crippen LogP contribution is -2.32. The molecule has 1 aliphatic heterocycles. The second-order valence-electron chi connectivity index (χ2n) is 9.49. The molecule has 1 fully saturated rings. The number of allylic oxidation sites excluding steroid dienone is 1. The molecule has 194 valence electrons. The summed E-state index contributed by atoms with van der Waals surface area (Å²) >= 11 is 3.66. The van der Waals surface area contributed by atoms with Gasteiger partial charge in [-0.15, -0.1) is 0 Å². The highest BCUT2D eigenvalue weighted by atomic mass is 79.9. The number of rotatable bonds is 7. The van der Waals surface area contributed by atoms with Gasteiger partial charge < -0.3 is 19.5 Å². The van der Waals surface area contributed by atoms with Gasteiger partial charge in [0.05, 0.1) is 17.2 Å². The summed E-state index contributed by atoms with van der Waals surface area (Å²) in [7, 11) is 1.59. The van der Waals surface area contributed by atoms with Crippen LogP contribution in [-0.4, -0.2) is 39.4 Å². The summed E-state index contributed by atoms with van der Waals surface area (Å²) in [6.45, 7) is 4.28. The molecule has 0 spiro atoms. The SMILES string of the molecule is COc1cc(C2C(C(=O)OC3CCCCC3)=C(C)Nc3nnnn32)cc(Br)c1OCc1cccc(C)c1. The first-order chi connectivity index (χ1) is 17.9. The number of carbonyl (C=O) groups excluding carboxylic acids is 1. The Hall–Kier alpha value is -3.40. The molecule has 0 bridgehead atoms. The van der Waals surface area contributed by atoms with Crippen LogP contribution in [0.1, 0.15) is 61.8 Å². The zero-order valence-electron chi connectivity index (χ0n) is 21.2. The Morgan fingerprint density at radius 1 is 1.16 bits per heavy atom. The van der Waals surface area contributed by atoms with E-state index in [1.807, 2.05) is 44.2 Å². The lowest BCUT2D eigenvalue weighted by molar-refractivity contribution is -0.146. The Morgan fingerprint density at radius 3 is 2.73 bits per heavy atom. The summed E-state index contributed by atoms with van der Waals surface area (Å²) in [6.07, 6.45) is 5.03. The molecule has 1 N–H and O–H groups in total. The maximum absolute atomic E-state index is 13.5. The Kier molecular flexibility index (Phi) is 7.45. The highest BCUT2D eigenvalue weighted by molar-refractivity contribution is 9.10. The largest absolute Gasteiger partial charge is 0.493 e. The molecule has 1 aliphatic carbocycles. The van der Waals surface area contributed by atoms with E-state index < -0.39 is 6.04 Å². The third-order valence-corrected chi connectivity index (χ3v) is 7.38. The molecule has 1 saturated carbocycles. The maximum atomic E-state index is 13.5. The predicted molar refractivity (Wildman–Crippen MR) is 141 cm³/mol.